The number of primary sulfonamides is 1. The van der Waals surface area contributed by atoms with Gasteiger partial charge in [-0.05, 0) is 42.5 Å². The molecule has 3 N–H and O–H groups in total. The third kappa shape index (κ3) is 3.53. The molecule has 0 amide bonds. The predicted molar refractivity (Wildman–Crippen MR) is 70.3 cm³/mol. The van der Waals surface area contributed by atoms with Crippen molar-refractivity contribution >= 4 is 20.0 Å². The van der Waals surface area contributed by atoms with Gasteiger partial charge in [0.2, 0.25) is 20.0 Å². The molecule has 0 spiro atoms. The highest BCUT2D eigenvalue weighted by Crippen LogP contribution is 2.37. The summed E-state index contributed by atoms with van der Waals surface area (Å²) in [4.78, 5) is -0.0736. The van der Waals surface area contributed by atoms with Crippen LogP contribution in [-0.4, -0.2) is 23.4 Å². The van der Waals surface area contributed by atoms with Gasteiger partial charge in [0.15, 0.2) is 0 Å². The fourth-order valence-electron chi connectivity index (χ4n) is 1.79. The van der Waals surface area contributed by atoms with E-state index in [0.29, 0.717) is 18.4 Å². The second-order valence-electron chi connectivity index (χ2n) is 4.84. The second kappa shape index (κ2) is 4.86. The zero-order valence-electron chi connectivity index (χ0n) is 10.4. The first-order valence-electron chi connectivity index (χ1n) is 5.83. The van der Waals surface area contributed by atoms with Crippen molar-refractivity contribution in [2.24, 2.45) is 17.0 Å². The zero-order chi connectivity index (χ0) is 14.3. The molecule has 0 heterocycles. The molecule has 2 unspecified atom stereocenters. The number of hydrogen-bond donors (Lipinski definition) is 2. The third-order valence-corrected chi connectivity index (χ3v) is 5.64. The third-order valence-electron chi connectivity index (χ3n) is 3.27. The lowest BCUT2D eigenvalue weighted by Gasteiger charge is -2.06. The van der Waals surface area contributed by atoms with E-state index in [1.54, 1.807) is 0 Å². The molecule has 1 aromatic carbocycles. The molecule has 0 bridgehead atoms. The zero-order valence-corrected chi connectivity index (χ0v) is 12.0. The predicted octanol–water partition coefficient (Wildman–Crippen LogP) is 0.268. The molecular weight excluding hydrogens is 288 g/mol. The van der Waals surface area contributed by atoms with Crippen molar-refractivity contribution in [3.8, 4) is 0 Å². The summed E-state index contributed by atoms with van der Waals surface area (Å²) in [6, 6.07) is 4.84. The van der Waals surface area contributed by atoms with E-state index >= 15 is 0 Å². The van der Waals surface area contributed by atoms with E-state index in [1.807, 2.05) is 0 Å². The van der Waals surface area contributed by atoms with Crippen LogP contribution in [0.2, 0.25) is 0 Å². The van der Waals surface area contributed by atoms with E-state index in [9.17, 15) is 16.8 Å². The minimum Gasteiger partial charge on any atom is -0.225 e. The van der Waals surface area contributed by atoms with Gasteiger partial charge in [0.25, 0.3) is 0 Å². The highest BCUT2D eigenvalue weighted by atomic mass is 32.2. The van der Waals surface area contributed by atoms with Crippen LogP contribution in [0.4, 0.5) is 0 Å². The fourth-order valence-corrected chi connectivity index (χ4v) is 3.40. The molecule has 0 aromatic heterocycles. The molecule has 1 fully saturated rings. The fraction of sp³-hybridized carbons (Fsp3) is 0.455. The first kappa shape index (κ1) is 14.4. The van der Waals surface area contributed by atoms with Crippen LogP contribution in [0.25, 0.3) is 0 Å². The quantitative estimate of drug-likeness (QED) is 0.814. The monoisotopic (exact) mass is 304 g/mol. The SMILES string of the molecule is CC1CC1CNS(=O)(=O)c1ccc(S(N)(=O)=O)cc1. The topological polar surface area (TPSA) is 106 Å². The molecule has 1 aliphatic rings. The summed E-state index contributed by atoms with van der Waals surface area (Å²) in [5.41, 5.74) is 0. The van der Waals surface area contributed by atoms with Crippen molar-refractivity contribution in [1.82, 2.24) is 4.72 Å². The highest BCUT2D eigenvalue weighted by molar-refractivity contribution is 7.89. The van der Waals surface area contributed by atoms with Crippen molar-refractivity contribution in [2.75, 3.05) is 6.54 Å². The molecule has 1 saturated carbocycles. The summed E-state index contributed by atoms with van der Waals surface area (Å²) in [6.45, 7) is 2.49. The minimum absolute atomic E-state index is 0.0354. The maximum atomic E-state index is 11.9. The number of hydrogen-bond acceptors (Lipinski definition) is 4. The average molecular weight is 304 g/mol. The smallest absolute Gasteiger partial charge is 0.225 e. The Labute approximate surface area is 113 Å². The molecule has 8 heteroatoms. The molecule has 1 aliphatic carbocycles. The van der Waals surface area contributed by atoms with E-state index in [-0.39, 0.29) is 9.79 Å². The summed E-state index contributed by atoms with van der Waals surface area (Å²) in [5, 5.41) is 4.94. The van der Waals surface area contributed by atoms with Crippen LogP contribution in [0.15, 0.2) is 34.1 Å². The average Bonchev–Trinajstić information content (AvgIpc) is 3.02. The van der Waals surface area contributed by atoms with Gasteiger partial charge >= 0.3 is 0 Å². The maximum absolute atomic E-state index is 11.9. The van der Waals surface area contributed by atoms with Gasteiger partial charge in [0, 0.05) is 6.54 Å². The summed E-state index contributed by atoms with van der Waals surface area (Å²) in [7, 11) is -7.39. The van der Waals surface area contributed by atoms with E-state index in [1.165, 1.54) is 24.3 Å². The van der Waals surface area contributed by atoms with Gasteiger partial charge < -0.3 is 0 Å². The van der Waals surface area contributed by atoms with Gasteiger partial charge in [-0.25, -0.2) is 26.7 Å². The lowest BCUT2D eigenvalue weighted by atomic mass is 10.3. The Morgan fingerprint density at radius 2 is 1.63 bits per heavy atom. The molecule has 106 valence electrons. The Bertz CT molecular complexity index is 665. The van der Waals surface area contributed by atoms with Gasteiger partial charge in [-0.3, -0.25) is 0 Å². The summed E-state index contributed by atoms with van der Waals surface area (Å²) < 4.78 is 48.5. The lowest BCUT2D eigenvalue weighted by molar-refractivity contribution is 0.574. The number of benzene rings is 1. The van der Waals surface area contributed by atoms with Crippen LogP contribution >= 0.6 is 0 Å². The Hall–Kier alpha value is -0.960. The molecule has 1 aromatic rings. The van der Waals surface area contributed by atoms with Crippen LogP contribution in [0, 0.1) is 11.8 Å². The van der Waals surface area contributed by atoms with Crippen LogP contribution in [0.5, 0.6) is 0 Å². The van der Waals surface area contributed by atoms with Crippen LogP contribution < -0.4 is 9.86 Å². The van der Waals surface area contributed by atoms with Crippen molar-refractivity contribution in [3.05, 3.63) is 24.3 Å². The number of rotatable bonds is 5. The summed E-state index contributed by atoms with van der Waals surface area (Å²) in [5.74, 6) is 0.964. The first-order chi connectivity index (χ1) is 8.70. The maximum Gasteiger partial charge on any atom is 0.240 e. The summed E-state index contributed by atoms with van der Waals surface area (Å²) in [6.07, 6.45) is 1.03. The number of nitrogens with one attached hydrogen (secondary N) is 1. The van der Waals surface area contributed by atoms with Gasteiger partial charge in [-0.1, -0.05) is 6.92 Å². The van der Waals surface area contributed by atoms with Gasteiger partial charge in [-0.15, -0.1) is 0 Å². The Balaban J connectivity index is 2.12. The largest absolute Gasteiger partial charge is 0.240 e. The molecule has 0 saturated heterocycles. The highest BCUT2D eigenvalue weighted by Gasteiger charge is 2.33. The lowest BCUT2D eigenvalue weighted by Crippen LogP contribution is -2.26. The number of nitrogens with two attached hydrogens (primary N) is 1. The first-order valence-corrected chi connectivity index (χ1v) is 8.85. The van der Waals surface area contributed by atoms with E-state index in [0.717, 1.165) is 6.42 Å². The Morgan fingerprint density at radius 1 is 1.16 bits per heavy atom. The second-order valence-corrected chi connectivity index (χ2v) is 8.17. The van der Waals surface area contributed by atoms with Crippen LogP contribution in [0.3, 0.4) is 0 Å². The van der Waals surface area contributed by atoms with E-state index in [4.69, 9.17) is 5.14 Å². The van der Waals surface area contributed by atoms with E-state index in [2.05, 4.69) is 11.6 Å². The van der Waals surface area contributed by atoms with Crippen molar-refractivity contribution in [2.45, 2.75) is 23.1 Å². The summed E-state index contributed by atoms with van der Waals surface area (Å²) >= 11 is 0. The van der Waals surface area contributed by atoms with Crippen molar-refractivity contribution in [3.63, 3.8) is 0 Å². The molecule has 2 rings (SSSR count). The molecule has 6 nitrogen and oxygen atoms in total. The Morgan fingerprint density at radius 3 is 2.05 bits per heavy atom. The minimum atomic E-state index is -3.80. The normalized spacial score (nSPS) is 23.3. The molecule has 2 atom stereocenters. The molecule has 0 radical (unpaired) electrons. The van der Waals surface area contributed by atoms with E-state index < -0.39 is 20.0 Å². The van der Waals surface area contributed by atoms with Gasteiger partial charge in [0.05, 0.1) is 9.79 Å². The van der Waals surface area contributed by atoms with Crippen LogP contribution in [-0.2, 0) is 20.0 Å². The van der Waals surface area contributed by atoms with Gasteiger partial charge in [-0.2, -0.15) is 0 Å². The Kier molecular flexibility index (Phi) is 3.69. The van der Waals surface area contributed by atoms with Crippen molar-refractivity contribution < 1.29 is 16.8 Å². The molecule has 0 aliphatic heterocycles. The van der Waals surface area contributed by atoms with Gasteiger partial charge in [0.1, 0.15) is 0 Å². The molecule has 19 heavy (non-hydrogen) atoms. The molecular formula is C11H16N2O4S2. The standard InChI is InChI=1S/C11H16N2O4S2/c1-8-6-9(8)7-13-19(16,17)11-4-2-10(3-5-11)18(12,14)15/h2-5,8-9,13H,6-7H2,1H3,(H2,12,14,15). The van der Waals surface area contributed by atoms with Crippen molar-refractivity contribution in [1.29, 1.82) is 0 Å². The number of sulfonamides is 2. The van der Waals surface area contributed by atoms with Crippen LogP contribution in [0.1, 0.15) is 13.3 Å².